The van der Waals surface area contributed by atoms with Crippen LogP contribution < -0.4 is 4.74 Å². The first kappa shape index (κ1) is 18.5. The summed E-state index contributed by atoms with van der Waals surface area (Å²) < 4.78 is 10.4. The third-order valence-corrected chi connectivity index (χ3v) is 4.94. The number of hydrogen-bond acceptors (Lipinski definition) is 4. The minimum absolute atomic E-state index is 0.200. The number of benzene rings is 2. The number of aryl methyl sites for hydroxylation is 3. The fourth-order valence-electron chi connectivity index (χ4n) is 3.03. The number of esters is 1. The summed E-state index contributed by atoms with van der Waals surface area (Å²) in [4.78, 5) is 24.1. The second kappa shape index (κ2) is 8.37. The maximum absolute atomic E-state index is 12.3. The van der Waals surface area contributed by atoms with Gasteiger partial charge < -0.3 is 9.47 Å². The summed E-state index contributed by atoms with van der Waals surface area (Å²) in [7, 11) is 0. The van der Waals surface area contributed by atoms with Gasteiger partial charge in [0.2, 0.25) is 0 Å². The Kier molecular flexibility index (Phi) is 5.94. The zero-order valence-corrected chi connectivity index (χ0v) is 15.5. The lowest BCUT2D eigenvalue weighted by atomic mass is 9.90. The zero-order valence-electron chi connectivity index (χ0n) is 14.7. The van der Waals surface area contributed by atoms with E-state index in [2.05, 4.69) is 0 Å². The lowest BCUT2D eigenvalue weighted by Crippen LogP contribution is -2.19. The van der Waals surface area contributed by atoms with Crippen LogP contribution >= 0.6 is 11.6 Å². The van der Waals surface area contributed by atoms with Crippen LogP contribution in [0.2, 0.25) is 5.02 Å². The smallest absolute Gasteiger partial charge is 0.344 e. The van der Waals surface area contributed by atoms with E-state index in [1.165, 1.54) is 17.5 Å². The van der Waals surface area contributed by atoms with Gasteiger partial charge in [-0.25, -0.2) is 4.79 Å². The second-order valence-corrected chi connectivity index (χ2v) is 6.88. The van der Waals surface area contributed by atoms with Gasteiger partial charge in [-0.3, -0.25) is 4.79 Å². The van der Waals surface area contributed by atoms with Crippen LogP contribution in [0.1, 0.15) is 39.9 Å². The summed E-state index contributed by atoms with van der Waals surface area (Å²) in [5.74, 6) is -0.247. The van der Waals surface area contributed by atoms with Gasteiger partial charge in [0.05, 0.1) is 0 Å². The number of hydrogen-bond donors (Lipinski definition) is 0. The lowest BCUT2D eigenvalue weighted by Gasteiger charge is -2.16. The Labute approximate surface area is 158 Å². The molecule has 0 radical (unpaired) electrons. The fraction of sp³-hybridized carbons (Fsp3) is 0.333. The van der Waals surface area contributed by atoms with E-state index in [-0.39, 0.29) is 19.0 Å². The summed E-state index contributed by atoms with van der Waals surface area (Å²) in [5.41, 5.74) is 4.00. The molecule has 0 heterocycles. The van der Waals surface area contributed by atoms with Gasteiger partial charge in [0.1, 0.15) is 5.75 Å². The van der Waals surface area contributed by atoms with Crippen molar-refractivity contribution < 1.29 is 19.1 Å². The van der Waals surface area contributed by atoms with E-state index in [1.54, 1.807) is 18.2 Å². The molecule has 2 aromatic carbocycles. The zero-order chi connectivity index (χ0) is 18.5. The highest BCUT2D eigenvalue weighted by molar-refractivity contribution is 6.31. The van der Waals surface area contributed by atoms with Crippen LogP contribution in [-0.4, -0.2) is 25.0 Å². The van der Waals surface area contributed by atoms with Gasteiger partial charge in [-0.15, -0.1) is 0 Å². The summed E-state index contributed by atoms with van der Waals surface area (Å²) in [5, 5.41) is 0.635. The molecule has 0 fully saturated rings. The predicted molar refractivity (Wildman–Crippen MR) is 100 cm³/mol. The van der Waals surface area contributed by atoms with Crippen molar-refractivity contribution in [3.63, 3.8) is 0 Å². The summed E-state index contributed by atoms with van der Waals surface area (Å²) in [6, 6.07) is 10.9. The van der Waals surface area contributed by atoms with Gasteiger partial charge in [-0.1, -0.05) is 23.7 Å². The number of carbonyl (C=O) groups excluding carboxylic acids is 2. The first-order valence-electron chi connectivity index (χ1n) is 8.72. The Bertz CT molecular complexity index is 829. The summed E-state index contributed by atoms with van der Waals surface area (Å²) >= 11 is 5.95. The summed E-state index contributed by atoms with van der Waals surface area (Å²) in [6.45, 7) is 1.32. The third-order valence-electron chi connectivity index (χ3n) is 4.52. The van der Waals surface area contributed by atoms with Crippen molar-refractivity contribution in [2.45, 2.75) is 32.6 Å². The molecule has 5 heteroatoms. The first-order valence-corrected chi connectivity index (χ1v) is 9.10. The molecule has 1 aliphatic rings. The van der Waals surface area contributed by atoms with Gasteiger partial charge >= 0.3 is 5.97 Å². The highest BCUT2D eigenvalue weighted by Crippen LogP contribution is 2.23. The van der Waals surface area contributed by atoms with Crippen molar-refractivity contribution in [1.29, 1.82) is 0 Å². The molecule has 2 aromatic rings. The van der Waals surface area contributed by atoms with E-state index in [4.69, 9.17) is 21.1 Å². The quantitative estimate of drug-likeness (QED) is 0.559. The van der Waals surface area contributed by atoms with Gasteiger partial charge in [-0.2, -0.15) is 0 Å². The molecule has 4 nitrogen and oxygen atoms in total. The third kappa shape index (κ3) is 4.64. The van der Waals surface area contributed by atoms with Crippen molar-refractivity contribution in [2.75, 3.05) is 13.2 Å². The van der Waals surface area contributed by atoms with Gasteiger partial charge in [0.25, 0.3) is 0 Å². The highest BCUT2D eigenvalue weighted by Gasteiger charge is 2.15. The van der Waals surface area contributed by atoms with Crippen LogP contribution in [0.5, 0.6) is 5.75 Å². The van der Waals surface area contributed by atoms with Crippen LogP contribution in [0.3, 0.4) is 0 Å². The van der Waals surface area contributed by atoms with Crippen LogP contribution in [0.25, 0.3) is 0 Å². The maximum Gasteiger partial charge on any atom is 0.344 e. The number of ketones is 1. The molecule has 0 atom stereocenters. The Morgan fingerprint density at radius 2 is 1.77 bits per heavy atom. The molecule has 26 heavy (non-hydrogen) atoms. The first-order chi connectivity index (χ1) is 12.5. The number of fused-ring (bicyclic) bond motifs is 1. The fourth-order valence-corrected chi connectivity index (χ4v) is 3.14. The summed E-state index contributed by atoms with van der Waals surface area (Å²) in [6.07, 6.45) is 4.43. The van der Waals surface area contributed by atoms with Crippen LogP contribution in [0.15, 0.2) is 36.4 Å². The van der Waals surface area contributed by atoms with Crippen molar-refractivity contribution in [1.82, 2.24) is 0 Å². The van der Waals surface area contributed by atoms with E-state index in [1.807, 2.05) is 25.1 Å². The Morgan fingerprint density at radius 1 is 1.00 bits per heavy atom. The molecule has 0 aliphatic heterocycles. The molecule has 136 valence electrons. The van der Waals surface area contributed by atoms with E-state index < -0.39 is 5.97 Å². The van der Waals surface area contributed by atoms with E-state index in [9.17, 15) is 9.59 Å². The predicted octanol–water partition coefficient (Wildman–Crippen LogP) is 4.33. The largest absolute Gasteiger partial charge is 0.482 e. The molecule has 0 N–H and O–H groups in total. The topological polar surface area (TPSA) is 52.6 Å². The normalized spacial score (nSPS) is 13.0. The van der Waals surface area contributed by atoms with Crippen molar-refractivity contribution in [3.8, 4) is 5.75 Å². The minimum Gasteiger partial charge on any atom is -0.482 e. The molecule has 0 bridgehead atoms. The molecule has 0 aromatic heterocycles. The van der Waals surface area contributed by atoms with Gasteiger partial charge in [0, 0.05) is 10.6 Å². The Hall–Kier alpha value is -2.33. The van der Waals surface area contributed by atoms with Crippen LogP contribution in [-0.2, 0) is 22.4 Å². The van der Waals surface area contributed by atoms with Crippen LogP contribution in [0, 0.1) is 6.92 Å². The molecular formula is C21H21ClO4. The molecule has 3 rings (SSSR count). The molecule has 0 spiro atoms. The Balaban J connectivity index is 1.49. The number of ether oxygens (including phenoxy) is 2. The highest BCUT2D eigenvalue weighted by atomic mass is 35.5. The molecule has 0 unspecified atom stereocenters. The number of carbonyl (C=O) groups is 2. The molecule has 0 saturated heterocycles. The minimum atomic E-state index is -0.580. The van der Waals surface area contributed by atoms with Crippen LogP contribution in [0.4, 0.5) is 0 Å². The van der Waals surface area contributed by atoms with Gasteiger partial charge in [-0.05, 0) is 73.6 Å². The Morgan fingerprint density at radius 3 is 2.54 bits per heavy atom. The van der Waals surface area contributed by atoms with Crippen molar-refractivity contribution >= 4 is 23.4 Å². The van der Waals surface area contributed by atoms with Gasteiger partial charge in [0.15, 0.2) is 19.0 Å². The van der Waals surface area contributed by atoms with E-state index >= 15 is 0 Å². The standard InChI is InChI=1S/C21H21ClO4/c1-14-10-18(8-9-19(14)22)25-13-21(24)26-12-20(23)17-7-6-15-4-2-3-5-16(15)11-17/h6-11H,2-5,12-13H2,1H3. The lowest BCUT2D eigenvalue weighted by molar-refractivity contribution is -0.144. The average molecular weight is 373 g/mol. The monoisotopic (exact) mass is 372 g/mol. The molecule has 0 amide bonds. The maximum atomic E-state index is 12.3. The molecule has 0 saturated carbocycles. The van der Waals surface area contributed by atoms with E-state index in [0.29, 0.717) is 16.3 Å². The van der Waals surface area contributed by atoms with E-state index in [0.717, 1.165) is 24.8 Å². The number of rotatable bonds is 6. The SMILES string of the molecule is Cc1cc(OCC(=O)OCC(=O)c2ccc3c(c2)CCCC3)ccc1Cl. The van der Waals surface area contributed by atoms with Crippen molar-refractivity contribution in [2.24, 2.45) is 0 Å². The molecule has 1 aliphatic carbocycles. The number of Topliss-reactive ketones (excluding diaryl/α,β-unsaturated/α-hetero) is 1. The molecular weight excluding hydrogens is 352 g/mol. The average Bonchev–Trinajstić information content (AvgIpc) is 2.66. The second-order valence-electron chi connectivity index (χ2n) is 6.47. The number of halogens is 1. The van der Waals surface area contributed by atoms with Crippen molar-refractivity contribution in [3.05, 3.63) is 63.7 Å².